The second-order valence-electron chi connectivity index (χ2n) is 4.26. The Labute approximate surface area is 106 Å². The smallest absolute Gasteiger partial charge is 0.318 e. The molecule has 1 saturated heterocycles. The van der Waals surface area contributed by atoms with Gasteiger partial charge in [-0.05, 0) is 19.8 Å². The van der Waals surface area contributed by atoms with Gasteiger partial charge in [-0.1, -0.05) is 12.1 Å². The first-order chi connectivity index (χ1) is 8.76. The number of ether oxygens (including phenoxy) is 2. The molecule has 1 fully saturated rings. The SMILES string of the molecule is CCOC(=O)C(CC)c1nc(C2CCOC2)no1. The van der Waals surface area contributed by atoms with Crippen molar-refractivity contribution in [2.45, 2.75) is 38.5 Å². The van der Waals surface area contributed by atoms with E-state index >= 15 is 0 Å². The maximum absolute atomic E-state index is 11.7. The molecule has 0 saturated carbocycles. The molecule has 0 radical (unpaired) electrons. The summed E-state index contributed by atoms with van der Waals surface area (Å²) in [5.74, 6) is 0.386. The average molecular weight is 254 g/mol. The van der Waals surface area contributed by atoms with Crippen LogP contribution in [0.3, 0.4) is 0 Å². The van der Waals surface area contributed by atoms with Crippen LogP contribution in [-0.2, 0) is 14.3 Å². The first kappa shape index (κ1) is 13.0. The van der Waals surface area contributed by atoms with Gasteiger partial charge in [0.15, 0.2) is 5.82 Å². The van der Waals surface area contributed by atoms with Crippen LogP contribution in [0, 0.1) is 0 Å². The third-order valence-electron chi connectivity index (χ3n) is 3.03. The maximum Gasteiger partial charge on any atom is 0.318 e. The lowest BCUT2D eigenvalue weighted by molar-refractivity contribution is -0.145. The van der Waals surface area contributed by atoms with E-state index in [4.69, 9.17) is 14.0 Å². The highest BCUT2D eigenvalue weighted by Gasteiger charge is 2.29. The van der Waals surface area contributed by atoms with Gasteiger partial charge in [0.05, 0.1) is 13.2 Å². The Morgan fingerprint density at radius 3 is 3.00 bits per heavy atom. The molecule has 6 heteroatoms. The van der Waals surface area contributed by atoms with Crippen molar-refractivity contribution in [1.82, 2.24) is 10.1 Å². The molecule has 2 atom stereocenters. The first-order valence-corrected chi connectivity index (χ1v) is 6.34. The van der Waals surface area contributed by atoms with Crippen molar-refractivity contribution in [3.63, 3.8) is 0 Å². The Kier molecular flexibility index (Phi) is 4.30. The molecule has 1 aromatic heterocycles. The summed E-state index contributed by atoms with van der Waals surface area (Å²) in [6, 6.07) is 0. The van der Waals surface area contributed by atoms with Crippen LogP contribution in [-0.4, -0.2) is 35.9 Å². The van der Waals surface area contributed by atoms with Gasteiger partial charge < -0.3 is 14.0 Å². The minimum Gasteiger partial charge on any atom is -0.465 e. The number of carbonyl (C=O) groups excluding carboxylic acids is 1. The van der Waals surface area contributed by atoms with E-state index in [0.29, 0.717) is 31.3 Å². The Morgan fingerprint density at radius 1 is 1.56 bits per heavy atom. The molecule has 0 N–H and O–H groups in total. The fraction of sp³-hybridized carbons (Fsp3) is 0.750. The number of nitrogens with zero attached hydrogens (tertiary/aromatic N) is 2. The molecule has 2 rings (SSSR count). The molecule has 1 aliphatic rings. The van der Waals surface area contributed by atoms with E-state index in [1.807, 2.05) is 6.92 Å². The molecule has 2 heterocycles. The van der Waals surface area contributed by atoms with Gasteiger partial charge in [0.2, 0.25) is 5.89 Å². The molecule has 0 spiro atoms. The number of hydrogen-bond donors (Lipinski definition) is 0. The number of aromatic nitrogens is 2. The second kappa shape index (κ2) is 5.95. The zero-order chi connectivity index (χ0) is 13.0. The molecular weight excluding hydrogens is 236 g/mol. The quantitative estimate of drug-likeness (QED) is 0.743. The van der Waals surface area contributed by atoms with Crippen molar-refractivity contribution in [3.05, 3.63) is 11.7 Å². The maximum atomic E-state index is 11.7. The zero-order valence-corrected chi connectivity index (χ0v) is 10.7. The monoisotopic (exact) mass is 254 g/mol. The van der Waals surface area contributed by atoms with E-state index < -0.39 is 5.92 Å². The van der Waals surface area contributed by atoms with Gasteiger partial charge in [0.25, 0.3) is 0 Å². The van der Waals surface area contributed by atoms with E-state index in [1.165, 1.54) is 0 Å². The van der Waals surface area contributed by atoms with Crippen molar-refractivity contribution in [2.24, 2.45) is 0 Å². The Morgan fingerprint density at radius 2 is 2.39 bits per heavy atom. The number of hydrogen-bond acceptors (Lipinski definition) is 6. The normalized spacial score (nSPS) is 20.9. The lowest BCUT2D eigenvalue weighted by Crippen LogP contribution is -2.15. The molecule has 2 unspecified atom stereocenters. The number of esters is 1. The van der Waals surface area contributed by atoms with Gasteiger partial charge >= 0.3 is 5.97 Å². The Bertz CT molecular complexity index is 399. The zero-order valence-electron chi connectivity index (χ0n) is 10.7. The predicted octanol–water partition coefficient (Wildman–Crippen LogP) is 1.63. The molecule has 18 heavy (non-hydrogen) atoms. The van der Waals surface area contributed by atoms with E-state index in [0.717, 1.165) is 13.0 Å². The van der Waals surface area contributed by atoms with Crippen LogP contribution in [0.15, 0.2) is 4.52 Å². The lowest BCUT2D eigenvalue weighted by Gasteiger charge is -2.08. The summed E-state index contributed by atoms with van der Waals surface area (Å²) in [6.45, 7) is 5.37. The topological polar surface area (TPSA) is 74.5 Å². The van der Waals surface area contributed by atoms with Gasteiger partial charge in [0, 0.05) is 12.5 Å². The van der Waals surface area contributed by atoms with Crippen LogP contribution in [0.5, 0.6) is 0 Å². The summed E-state index contributed by atoms with van der Waals surface area (Å²) in [5, 5.41) is 3.94. The molecule has 100 valence electrons. The third-order valence-corrected chi connectivity index (χ3v) is 3.03. The fourth-order valence-electron chi connectivity index (χ4n) is 1.98. The fourth-order valence-corrected chi connectivity index (χ4v) is 1.98. The van der Waals surface area contributed by atoms with E-state index in [1.54, 1.807) is 6.92 Å². The lowest BCUT2D eigenvalue weighted by atomic mass is 10.1. The van der Waals surface area contributed by atoms with Crippen molar-refractivity contribution >= 4 is 5.97 Å². The van der Waals surface area contributed by atoms with Gasteiger partial charge in [-0.2, -0.15) is 4.98 Å². The van der Waals surface area contributed by atoms with Crippen molar-refractivity contribution < 1.29 is 18.8 Å². The van der Waals surface area contributed by atoms with Gasteiger partial charge in [-0.15, -0.1) is 0 Å². The molecular formula is C12H18N2O4. The van der Waals surface area contributed by atoms with Crippen molar-refractivity contribution in [3.8, 4) is 0 Å². The molecule has 0 bridgehead atoms. The predicted molar refractivity (Wildman–Crippen MR) is 62.1 cm³/mol. The summed E-state index contributed by atoms with van der Waals surface area (Å²) in [5.41, 5.74) is 0. The molecule has 0 amide bonds. The van der Waals surface area contributed by atoms with E-state index in [2.05, 4.69) is 10.1 Å². The van der Waals surface area contributed by atoms with Crippen LogP contribution < -0.4 is 0 Å². The minimum atomic E-state index is -0.464. The molecule has 0 aliphatic carbocycles. The van der Waals surface area contributed by atoms with Crippen molar-refractivity contribution in [1.29, 1.82) is 0 Å². The summed E-state index contributed by atoms with van der Waals surface area (Å²) in [4.78, 5) is 16.0. The minimum absolute atomic E-state index is 0.183. The van der Waals surface area contributed by atoms with Gasteiger partial charge in [-0.25, -0.2) is 0 Å². The summed E-state index contributed by atoms with van der Waals surface area (Å²) >= 11 is 0. The van der Waals surface area contributed by atoms with Crippen LogP contribution in [0.1, 0.15) is 50.2 Å². The first-order valence-electron chi connectivity index (χ1n) is 6.34. The third kappa shape index (κ3) is 2.69. The molecule has 0 aromatic carbocycles. The summed E-state index contributed by atoms with van der Waals surface area (Å²) in [6.07, 6.45) is 1.48. The van der Waals surface area contributed by atoms with Crippen molar-refractivity contribution in [2.75, 3.05) is 19.8 Å². The van der Waals surface area contributed by atoms with Gasteiger partial charge in [-0.3, -0.25) is 4.79 Å². The van der Waals surface area contributed by atoms with Crippen LogP contribution >= 0.6 is 0 Å². The molecule has 1 aliphatic heterocycles. The second-order valence-corrected chi connectivity index (χ2v) is 4.26. The van der Waals surface area contributed by atoms with Gasteiger partial charge in [0.1, 0.15) is 5.92 Å². The summed E-state index contributed by atoms with van der Waals surface area (Å²) < 4.78 is 15.5. The number of carbonyl (C=O) groups is 1. The highest BCUT2D eigenvalue weighted by atomic mass is 16.5. The van der Waals surface area contributed by atoms with Crippen LogP contribution in [0.2, 0.25) is 0 Å². The number of rotatable bonds is 5. The Hall–Kier alpha value is -1.43. The van der Waals surface area contributed by atoms with E-state index in [-0.39, 0.29) is 11.9 Å². The average Bonchev–Trinajstić information content (AvgIpc) is 3.00. The van der Waals surface area contributed by atoms with E-state index in [9.17, 15) is 4.79 Å². The van der Waals surface area contributed by atoms with Crippen LogP contribution in [0.4, 0.5) is 0 Å². The van der Waals surface area contributed by atoms with Crippen LogP contribution in [0.25, 0.3) is 0 Å². The molecule has 6 nitrogen and oxygen atoms in total. The largest absolute Gasteiger partial charge is 0.465 e. The Balaban J connectivity index is 2.09. The standard InChI is InChI=1S/C12H18N2O4/c1-3-9(12(15)17-4-2)11-13-10(14-18-11)8-5-6-16-7-8/h8-9H,3-7H2,1-2H3. The highest BCUT2D eigenvalue weighted by molar-refractivity contribution is 5.76. The molecule has 1 aromatic rings. The highest BCUT2D eigenvalue weighted by Crippen LogP contribution is 2.25. The summed E-state index contributed by atoms with van der Waals surface area (Å²) in [7, 11) is 0.